The van der Waals surface area contributed by atoms with Gasteiger partial charge in [-0.1, -0.05) is 26.5 Å². The maximum atomic E-state index is 13.2. The lowest BCUT2D eigenvalue weighted by Crippen LogP contribution is -2.82. The van der Waals surface area contributed by atoms with Crippen LogP contribution in [0.4, 0.5) is 0 Å². The third-order valence-corrected chi connectivity index (χ3v) is 8.14. The number of rotatable bonds is 0. The summed E-state index contributed by atoms with van der Waals surface area (Å²) in [6.45, 7) is 7.97. The Morgan fingerprint density at radius 3 is 2.72 bits per heavy atom. The SMILES string of the molecule is C=C1C(=O)C23CC1CCC2C12CO[C@@]3(O)[C@@H](O)C1C(C)(C)C=CC2=O. The van der Waals surface area contributed by atoms with Crippen molar-refractivity contribution in [2.24, 2.45) is 34.0 Å². The zero-order chi connectivity index (χ0) is 18.0. The minimum absolute atomic E-state index is 0.0139. The molecule has 5 fully saturated rings. The van der Waals surface area contributed by atoms with Crippen LogP contribution < -0.4 is 0 Å². The van der Waals surface area contributed by atoms with E-state index in [1.807, 2.05) is 19.9 Å². The van der Waals surface area contributed by atoms with Gasteiger partial charge >= 0.3 is 0 Å². The van der Waals surface area contributed by atoms with Crippen LogP contribution in [-0.2, 0) is 14.3 Å². The lowest BCUT2D eigenvalue weighted by molar-refractivity contribution is -0.422. The number of ether oxygens (including phenoxy) is 1. The zero-order valence-electron chi connectivity index (χ0n) is 14.6. The number of carbonyl (C=O) groups is 2. The second-order valence-corrected chi connectivity index (χ2v) is 9.32. The predicted octanol–water partition coefficient (Wildman–Crippen LogP) is 1.39. The van der Waals surface area contributed by atoms with Crippen molar-refractivity contribution < 1.29 is 24.5 Å². The fraction of sp³-hybridized carbons (Fsp3) is 0.700. The highest BCUT2D eigenvalue weighted by molar-refractivity contribution is 6.06. The summed E-state index contributed by atoms with van der Waals surface area (Å²) in [4.78, 5) is 26.4. The number of ketones is 2. The van der Waals surface area contributed by atoms with E-state index >= 15 is 0 Å². The van der Waals surface area contributed by atoms with Crippen LogP contribution in [0.25, 0.3) is 0 Å². The van der Waals surface area contributed by atoms with Gasteiger partial charge in [0.2, 0.25) is 5.79 Å². The van der Waals surface area contributed by atoms with E-state index in [-0.39, 0.29) is 30.0 Å². The second-order valence-electron chi connectivity index (χ2n) is 9.32. The van der Waals surface area contributed by atoms with Gasteiger partial charge in [0.05, 0.1) is 17.4 Å². The summed E-state index contributed by atoms with van der Waals surface area (Å²) in [7, 11) is 0. The van der Waals surface area contributed by atoms with Crippen molar-refractivity contribution in [2.45, 2.75) is 45.0 Å². The fourth-order valence-corrected chi connectivity index (χ4v) is 7.16. The van der Waals surface area contributed by atoms with Gasteiger partial charge in [0.1, 0.15) is 6.10 Å². The van der Waals surface area contributed by atoms with E-state index in [0.29, 0.717) is 18.4 Å². The summed E-state index contributed by atoms with van der Waals surface area (Å²) in [6, 6.07) is 0. The molecular formula is C20H24O5. The number of Topliss-reactive ketones (excluding diaryl/α,β-unsaturated/α-hetero) is 1. The van der Waals surface area contributed by atoms with Crippen molar-refractivity contribution in [3.8, 4) is 0 Å². The first-order chi connectivity index (χ1) is 11.6. The van der Waals surface area contributed by atoms with Crippen LogP contribution in [-0.4, -0.2) is 40.3 Å². The molecule has 5 heteroatoms. The van der Waals surface area contributed by atoms with Crippen LogP contribution in [0.3, 0.4) is 0 Å². The van der Waals surface area contributed by atoms with Crippen LogP contribution in [0.1, 0.15) is 33.1 Å². The topological polar surface area (TPSA) is 83.8 Å². The molecule has 2 spiro atoms. The molecule has 25 heavy (non-hydrogen) atoms. The van der Waals surface area contributed by atoms with E-state index in [0.717, 1.165) is 6.42 Å². The van der Waals surface area contributed by atoms with E-state index in [1.54, 1.807) is 6.08 Å². The average molecular weight is 344 g/mol. The Kier molecular flexibility index (Phi) is 2.65. The van der Waals surface area contributed by atoms with Crippen molar-refractivity contribution in [3.05, 3.63) is 24.3 Å². The number of aliphatic hydroxyl groups is 2. The molecule has 5 unspecified atom stereocenters. The van der Waals surface area contributed by atoms with E-state index in [9.17, 15) is 19.8 Å². The summed E-state index contributed by atoms with van der Waals surface area (Å²) < 4.78 is 5.80. The van der Waals surface area contributed by atoms with Crippen molar-refractivity contribution in [1.82, 2.24) is 0 Å². The third kappa shape index (κ3) is 1.36. The predicted molar refractivity (Wildman–Crippen MR) is 88.2 cm³/mol. The molecule has 4 aliphatic carbocycles. The Balaban J connectivity index is 1.82. The molecule has 3 saturated carbocycles. The van der Waals surface area contributed by atoms with Crippen molar-refractivity contribution >= 4 is 11.6 Å². The molecule has 0 aromatic carbocycles. The lowest BCUT2D eigenvalue weighted by Gasteiger charge is -2.71. The minimum Gasteiger partial charge on any atom is -0.387 e. The largest absolute Gasteiger partial charge is 0.387 e. The standard InChI is InChI=1S/C20H24O5/c1-10-11-4-5-12-18-9-25-20(24,19(12,8-11)15(10)22)16(23)14(18)17(2,3)7-6-13(18)21/h6-7,11-12,14,16,23-24H,1,4-5,8-9H2,2-3H3/t11?,12?,14?,16-,18?,19?,20-/m0/s1. The number of carbonyl (C=O) groups excluding carboxylic acids is 2. The molecule has 7 atom stereocenters. The molecule has 2 heterocycles. The Bertz CT molecular complexity index is 766. The molecule has 0 radical (unpaired) electrons. The molecule has 0 aromatic heterocycles. The molecule has 6 aliphatic rings. The molecule has 4 bridgehead atoms. The highest BCUT2D eigenvalue weighted by atomic mass is 16.6. The van der Waals surface area contributed by atoms with Gasteiger partial charge in [-0.2, -0.15) is 0 Å². The molecule has 2 aliphatic heterocycles. The highest BCUT2D eigenvalue weighted by Gasteiger charge is 2.84. The fourth-order valence-electron chi connectivity index (χ4n) is 7.16. The Morgan fingerprint density at radius 2 is 2.00 bits per heavy atom. The Labute approximate surface area is 146 Å². The van der Waals surface area contributed by atoms with Crippen LogP contribution in [0.5, 0.6) is 0 Å². The van der Waals surface area contributed by atoms with Gasteiger partial charge in [0.15, 0.2) is 11.6 Å². The smallest absolute Gasteiger partial charge is 0.205 e. The van der Waals surface area contributed by atoms with E-state index in [4.69, 9.17) is 4.74 Å². The first-order valence-electron chi connectivity index (χ1n) is 9.14. The summed E-state index contributed by atoms with van der Waals surface area (Å²) in [5.74, 6) is -3.00. The summed E-state index contributed by atoms with van der Waals surface area (Å²) in [5, 5.41) is 22.7. The normalized spacial score (nSPS) is 55.3. The maximum Gasteiger partial charge on any atom is 0.205 e. The first kappa shape index (κ1) is 15.9. The van der Waals surface area contributed by atoms with Gasteiger partial charge < -0.3 is 14.9 Å². The van der Waals surface area contributed by atoms with Crippen LogP contribution >= 0.6 is 0 Å². The quantitative estimate of drug-likeness (QED) is 0.649. The van der Waals surface area contributed by atoms with Crippen molar-refractivity contribution in [2.75, 3.05) is 6.61 Å². The number of fused-ring (bicyclic) bond motifs is 2. The monoisotopic (exact) mass is 344 g/mol. The molecule has 2 N–H and O–H groups in total. The third-order valence-electron chi connectivity index (χ3n) is 8.14. The van der Waals surface area contributed by atoms with E-state index in [1.165, 1.54) is 0 Å². The number of hydrogen-bond donors (Lipinski definition) is 2. The minimum atomic E-state index is -1.94. The van der Waals surface area contributed by atoms with Crippen molar-refractivity contribution in [3.63, 3.8) is 0 Å². The molecule has 5 nitrogen and oxygen atoms in total. The molecular weight excluding hydrogens is 320 g/mol. The van der Waals surface area contributed by atoms with Gasteiger partial charge in [-0.15, -0.1) is 0 Å². The zero-order valence-corrected chi connectivity index (χ0v) is 14.6. The van der Waals surface area contributed by atoms with Crippen LogP contribution in [0.2, 0.25) is 0 Å². The summed E-state index contributed by atoms with van der Waals surface area (Å²) in [5.41, 5.74) is -2.14. The molecule has 134 valence electrons. The van der Waals surface area contributed by atoms with Gasteiger partial charge in [0.25, 0.3) is 0 Å². The second kappa shape index (κ2) is 4.16. The van der Waals surface area contributed by atoms with Crippen LogP contribution in [0.15, 0.2) is 24.3 Å². The van der Waals surface area contributed by atoms with Crippen molar-refractivity contribution in [1.29, 1.82) is 0 Å². The van der Waals surface area contributed by atoms with Gasteiger partial charge in [-0.25, -0.2) is 0 Å². The van der Waals surface area contributed by atoms with Gasteiger partial charge in [0, 0.05) is 5.92 Å². The first-order valence-corrected chi connectivity index (χ1v) is 9.14. The maximum absolute atomic E-state index is 13.2. The van der Waals surface area contributed by atoms with Gasteiger partial charge in [-0.3, -0.25) is 9.59 Å². The molecule has 0 amide bonds. The van der Waals surface area contributed by atoms with E-state index in [2.05, 4.69) is 6.58 Å². The molecule has 2 saturated heterocycles. The van der Waals surface area contributed by atoms with Gasteiger partial charge in [-0.05, 0) is 48.2 Å². The number of aliphatic hydroxyl groups excluding tert-OH is 1. The average Bonchev–Trinajstić information content (AvgIpc) is 2.75. The van der Waals surface area contributed by atoms with E-state index < -0.39 is 34.1 Å². The molecule has 0 aromatic rings. The summed E-state index contributed by atoms with van der Waals surface area (Å²) >= 11 is 0. The van der Waals surface area contributed by atoms with Crippen LogP contribution in [0, 0.1) is 34.0 Å². The lowest BCUT2D eigenvalue weighted by atomic mass is 9.37. The highest BCUT2D eigenvalue weighted by Crippen LogP contribution is 2.75. The molecule has 6 rings (SSSR count). The Morgan fingerprint density at radius 1 is 1.28 bits per heavy atom. The Hall–Kier alpha value is -1.30. The number of allylic oxidation sites excluding steroid dienone is 3. The summed E-state index contributed by atoms with van der Waals surface area (Å²) in [6.07, 6.45) is 4.04. The number of hydrogen-bond acceptors (Lipinski definition) is 5.